The van der Waals surface area contributed by atoms with E-state index in [1.165, 1.54) is 28.7 Å². The van der Waals surface area contributed by atoms with Crippen LogP contribution < -0.4 is 0 Å². The quantitative estimate of drug-likeness (QED) is 0.594. The van der Waals surface area contributed by atoms with Crippen molar-refractivity contribution in [2.75, 3.05) is 13.1 Å². The Morgan fingerprint density at radius 3 is 3.00 bits per heavy atom. The summed E-state index contributed by atoms with van der Waals surface area (Å²) in [6.07, 6.45) is 4.09. The molecule has 1 saturated heterocycles. The maximum absolute atomic E-state index is 12.5. The Labute approximate surface area is 116 Å². The van der Waals surface area contributed by atoms with E-state index in [0.717, 1.165) is 0 Å². The van der Waals surface area contributed by atoms with Gasteiger partial charge in [0.25, 0.3) is 0 Å². The lowest BCUT2D eigenvalue weighted by Crippen LogP contribution is -2.41. The minimum atomic E-state index is -3.80. The van der Waals surface area contributed by atoms with Crippen molar-refractivity contribution in [2.24, 2.45) is 4.99 Å². The van der Waals surface area contributed by atoms with E-state index < -0.39 is 10.0 Å². The number of nitrogens with zero attached hydrogens (tertiary/aromatic N) is 4. The average molecular weight is 292 g/mol. The van der Waals surface area contributed by atoms with Crippen LogP contribution >= 0.6 is 0 Å². The molecule has 0 bridgehead atoms. The van der Waals surface area contributed by atoms with Crippen molar-refractivity contribution in [1.29, 1.82) is 5.26 Å². The first-order valence-electron chi connectivity index (χ1n) is 6.02. The first-order chi connectivity index (χ1) is 9.59. The number of piperidine rings is 1. The van der Waals surface area contributed by atoms with Gasteiger partial charge in [-0.05, 0) is 25.0 Å². The lowest BCUT2D eigenvalue weighted by atomic mass is 10.1. The van der Waals surface area contributed by atoms with E-state index in [1.54, 1.807) is 6.07 Å². The molecule has 0 amide bonds. The minimum Gasteiger partial charge on any atom is -0.244 e. The van der Waals surface area contributed by atoms with Crippen LogP contribution in [-0.2, 0) is 14.8 Å². The highest BCUT2D eigenvalue weighted by atomic mass is 32.2. The second-order valence-corrected chi connectivity index (χ2v) is 6.25. The van der Waals surface area contributed by atoms with Crippen molar-refractivity contribution in [3.63, 3.8) is 0 Å². The Hall–Kier alpha value is -2.07. The molecule has 0 radical (unpaired) electrons. The number of aliphatic imine (C=N–C) groups is 1. The third-order valence-electron chi connectivity index (χ3n) is 3.09. The van der Waals surface area contributed by atoms with Crippen LogP contribution in [0.2, 0.25) is 0 Å². The van der Waals surface area contributed by atoms with Gasteiger partial charge in [0, 0.05) is 19.3 Å². The summed E-state index contributed by atoms with van der Waals surface area (Å²) in [6.45, 7) is 0.463. The fourth-order valence-electron chi connectivity index (χ4n) is 2.14. The lowest BCUT2D eigenvalue weighted by Gasteiger charge is -2.29. The van der Waals surface area contributed by atoms with Gasteiger partial charge in [0.1, 0.15) is 11.0 Å². The molecule has 1 aliphatic heterocycles. The Morgan fingerprint density at radius 1 is 1.50 bits per heavy atom. The molecule has 2 rings (SSSR count). The van der Waals surface area contributed by atoms with Crippen LogP contribution in [-0.4, -0.2) is 42.9 Å². The number of hydrogen-bond acceptors (Lipinski definition) is 6. The summed E-state index contributed by atoms with van der Waals surface area (Å²) >= 11 is 0. The Morgan fingerprint density at radius 2 is 2.30 bits per heavy atom. The molecule has 20 heavy (non-hydrogen) atoms. The zero-order valence-electron chi connectivity index (χ0n) is 10.6. The van der Waals surface area contributed by atoms with Crippen LogP contribution in [0.5, 0.6) is 0 Å². The molecule has 0 spiro atoms. The van der Waals surface area contributed by atoms with E-state index in [2.05, 4.69) is 9.98 Å². The number of rotatable bonds is 3. The van der Waals surface area contributed by atoms with Crippen molar-refractivity contribution in [2.45, 2.75) is 23.8 Å². The second-order valence-electron chi connectivity index (χ2n) is 4.34. The summed E-state index contributed by atoms with van der Waals surface area (Å²) in [7, 11) is -3.80. The zero-order valence-corrected chi connectivity index (χ0v) is 11.4. The number of isocyanates is 1. The molecule has 104 valence electrons. The molecule has 0 N–H and O–H groups in total. The van der Waals surface area contributed by atoms with Crippen molar-refractivity contribution in [3.8, 4) is 6.07 Å². The minimum absolute atomic E-state index is 0.113. The normalized spacial score (nSPS) is 19.9. The van der Waals surface area contributed by atoms with E-state index >= 15 is 0 Å². The van der Waals surface area contributed by atoms with E-state index in [0.29, 0.717) is 19.4 Å². The molecule has 0 aliphatic carbocycles. The summed E-state index contributed by atoms with van der Waals surface area (Å²) in [5.41, 5.74) is -0.131. The molecule has 1 atom stereocenters. The number of sulfonamides is 1. The highest BCUT2D eigenvalue weighted by Gasteiger charge is 2.32. The van der Waals surface area contributed by atoms with E-state index in [4.69, 9.17) is 5.26 Å². The smallest absolute Gasteiger partial charge is 0.244 e. The third kappa shape index (κ3) is 2.75. The number of pyridine rings is 1. The van der Waals surface area contributed by atoms with Crippen LogP contribution in [0, 0.1) is 11.3 Å². The van der Waals surface area contributed by atoms with Gasteiger partial charge in [-0.2, -0.15) is 9.57 Å². The van der Waals surface area contributed by atoms with Gasteiger partial charge in [0.2, 0.25) is 16.1 Å². The Bertz CT molecular complexity index is 689. The first-order valence-corrected chi connectivity index (χ1v) is 7.46. The molecule has 1 unspecified atom stereocenters. The van der Waals surface area contributed by atoms with Crippen LogP contribution in [0.4, 0.5) is 0 Å². The molecular formula is C12H12N4O3S. The molecule has 8 heteroatoms. The summed E-state index contributed by atoms with van der Waals surface area (Å²) in [5.74, 6) is 0. The highest BCUT2D eigenvalue weighted by Crippen LogP contribution is 2.23. The number of nitriles is 1. The van der Waals surface area contributed by atoms with Gasteiger partial charge >= 0.3 is 0 Å². The molecule has 2 heterocycles. The van der Waals surface area contributed by atoms with Crippen LogP contribution in [0.15, 0.2) is 28.2 Å². The fraction of sp³-hybridized carbons (Fsp3) is 0.417. The van der Waals surface area contributed by atoms with Gasteiger partial charge in [0.15, 0.2) is 5.69 Å². The molecular weight excluding hydrogens is 280 g/mol. The maximum atomic E-state index is 12.5. The van der Waals surface area contributed by atoms with Crippen molar-refractivity contribution in [1.82, 2.24) is 9.29 Å². The SMILES string of the molecule is N#Cc1ncccc1S(=O)(=O)N1CCCC(N=C=O)C1. The number of hydrogen-bond donors (Lipinski definition) is 0. The Balaban J connectivity index is 2.35. The summed E-state index contributed by atoms with van der Waals surface area (Å²) < 4.78 is 26.3. The predicted octanol–water partition coefficient (Wildman–Crippen LogP) is 0.442. The molecule has 0 saturated carbocycles. The van der Waals surface area contributed by atoms with Gasteiger partial charge in [-0.1, -0.05) is 0 Å². The molecule has 1 aromatic rings. The number of carbonyl (C=O) groups excluding carboxylic acids is 1. The predicted molar refractivity (Wildman–Crippen MR) is 68.9 cm³/mol. The van der Waals surface area contributed by atoms with Gasteiger partial charge in [-0.3, -0.25) is 0 Å². The molecule has 1 aromatic heterocycles. The zero-order chi connectivity index (χ0) is 14.6. The monoisotopic (exact) mass is 292 g/mol. The largest absolute Gasteiger partial charge is 0.246 e. The van der Waals surface area contributed by atoms with Crippen molar-refractivity contribution < 1.29 is 13.2 Å². The van der Waals surface area contributed by atoms with Crippen molar-refractivity contribution in [3.05, 3.63) is 24.0 Å². The van der Waals surface area contributed by atoms with Gasteiger partial charge in [-0.25, -0.2) is 23.2 Å². The molecule has 1 aliphatic rings. The first kappa shape index (κ1) is 14.3. The summed E-state index contributed by atoms with van der Waals surface area (Å²) in [5, 5.41) is 8.95. The molecule has 7 nitrogen and oxygen atoms in total. The molecule has 0 aromatic carbocycles. The van der Waals surface area contributed by atoms with E-state index in [-0.39, 0.29) is 23.2 Å². The fourth-order valence-corrected chi connectivity index (χ4v) is 3.75. The highest BCUT2D eigenvalue weighted by molar-refractivity contribution is 7.89. The van der Waals surface area contributed by atoms with Crippen LogP contribution in [0.25, 0.3) is 0 Å². The van der Waals surface area contributed by atoms with E-state index in [9.17, 15) is 13.2 Å². The van der Waals surface area contributed by atoms with Crippen LogP contribution in [0.1, 0.15) is 18.5 Å². The summed E-state index contributed by atoms with van der Waals surface area (Å²) in [6, 6.07) is 4.22. The van der Waals surface area contributed by atoms with Crippen molar-refractivity contribution >= 4 is 16.1 Å². The average Bonchev–Trinajstić information content (AvgIpc) is 2.48. The standard InChI is InChI=1S/C12H12N4O3S/c13-7-11-12(4-1-5-14-11)20(18,19)16-6-2-3-10(8-16)15-9-17/h1,4-5,10H,2-3,6,8H2. The second kappa shape index (κ2) is 5.92. The number of aromatic nitrogens is 1. The molecule has 1 fully saturated rings. The summed E-state index contributed by atoms with van der Waals surface area (Å²) in [4.78, 5) is 17.5. The third-order valence-corrected chi connectivity index (χ3v) is 4.99. The Kier molecular flexibility index (Phi) is 4.25. The van der Waals surface area contributed by atoms with E-state index in [1.807, 2.05) is 0 Å². The van der Waals surface area contributed by atoms with Crippen LogP contribution in [0.3, 0.4) is 0 Å². The lowest BCUT2D eigenvalue weighted by molar-refractivity contribution is 0.316. The maximum Gasteiger partial charge on any atom is 0.246 e. The van der Waals surface area contributed by atoms with Gasteiger partial charge in [-0.15, -0.1) is 0 Å². The van der Waals surface area contributed by atoms with Gasteiger partial charge < -0.3 is 0 Å². The topological polar surface area (TPSA) is 103 Å². The van der Waals surface area contributed by atoms with Gasteiger partial charge in [0.05, 0.1) is 6.04 Å².